The number of nitrogens with one attached hydrogen (secondary N) is 2. The Hall–Kier alpha value is -3.63. The molecule has 0 aliphatic carbocycles. The van der Waals surface area contributed by atoms with Crippen molar-refractivity contribution >= 4 is 40.4 Å². The van der Waals surface area contributed by atoms with Gasteiger partial charge in [0.2, 0.25) is 17.7 Å². The quantitative estimate of drug-likeness (QED) is 0.216. The van der Waals surface area contributed by atoms with Crippen LogP contribution in [0.4, 0.5) is 0 Å². The highest BCUT2D eigenvalue weighted by Crippen LogP contribution is 2.28. The molecule has 0 unspecified atom stereocenters. The van der Waals surface area contributed by atoms with E-state index in [1.807, 2.05) is 54.1 Å². The second-order valence-corrected chi connectivity index (χ2v) is 12.6. The number of unbranched alkanes of at least 4 members (excludes halogenated alkanes) is 1. The van der Waals surface area contributed by atoms with Crippen molar-refractivity contribution in [3.8, 4) is 11.1 Å². The molecule has 8 nitrogen and oxygen atoms in total. The maximum Gasteiger partial charge on any atom is 0.264 e. The van der Waals surface area contributed by atoms with Crippen LogP contribution in [0.5, 0.6) is 0 Å². The van der Waals surface area contributed by atoms with E-state index in [1.54, 1.807) is 35.2 Å². The van der Waals surface area contributed by atoms with Gasteiger partial charge < -0.3 is 10.2 Å². The van der Waals surface area contributed by atoms with Gasteiger partial charge in [-0.1, -0.05) is 86.1 Å². The molecule has 42 heavy (non-hydrogen) atoms. The molecule has 0 aliphatic rings. The summed E-state index contributed by atoms with van der Waals surface area (Å²) < 4.78 is 27.4. The van der Waals surface area contributed by atoms with E-state index >= 15 is 0 Å². The van der Waals surface area contributed by atoms with Crippen LogP contribution in [0.1, 0.15) is 50.7 Å². The lowest BCUT2D eigenvalue weighted by Crippen LogP contribution is -2.36. The molecule has 0 fully saturated rings. The summed E-state index contributed by atoms with van der Waals surface area (Å²) in [7, 11) is -4.02. The Morgan fingerprint density at radius 3 is 2.21 bits per heavy atom. The van der Waals surface area contributed by atoms with Gasteiger partial charge in [-0.3, -0.25) is 14.4 Å². The topological polar surface area (TPSA) is 113 Å². The number of thiol groups is 1. The maximum absolute atomic E-state index is 13.0. The molecule has 0 bridgehead atoms. The van der Waals surface area contributed by atoms with Gasteiger partial charge in [-0.15, -0.1) is 0 Å². The van der Waals surface area contributed by atoms with Gasteiger partial charge in [-0.2, -0.15) is 12.6 Å². The van der Waals surface area contributed by atoms with Crippen molar-refractivity contribution in [2.24, 2.45) is 0 Å². The second-order valence-electron chi connectivity index (χ2n) is 10.2. The Balaban J connectivity index is 1.65. The average molecular weight is 610 g/mol. The van der Waals surface area contributed by atoms with Crippen LogP contribution in [-0.2, 0) is 37.4 Å². The highest BCUT2D eigenvalue weighted by atomic mass is 32.2. The molecule has 0 aliphatic heterocycles. The molecule has 1 atom stereocenters. The smallest absolute Gasteiger partial charge is 0.264 e. The zero-order valence-corrected chi connectivity index (χ0v) is 25.8. The van der Waals surface area contributed by atoms with Gasteiger partial charge in [0, 0.05) is 50.2 Å². The van der Waals surface area contributed by atoms with Crippen LogP contribution in [-0.4, -0.2) is 49.4 Å². The fraction of sp³-hybridized carbons (Fsp3) is 0.344. The number of rotatable bonds is 15. The molecule has 0 aromatic heterocycles. The first-order valence-electron chi connectivity index (χ1n) is 14.1. The Morgan fingerprint density at radius 1 is 0.881 bits per heavy atom. The number of nitrogens with zero attached hydrogens (tertiary/aromatic N) is 1. The molecule has 10 heteroatoms. The molecule has 0 heterocycles. The summed E-state index contributed by atoms with van der Waals surface area (Å²) in [5.41, 5.74) is 3.12. The van der Waals surface area contributed by atoms with Crippen molar-refractivity contribution < 1.29 is 22.8 Å². The van der Waals surface area contributed by atoms with Crippen molar-refractivity contribution in [2.75, 3.05) is 13.1 Å². The minimum Gasteiger partial charge on any atom is -0.355 e. The Morgan fingerprint density at radius 2 is 1.55 bits per heavy atom. The average Bonchev–Trinajstić information content (AvgIpc) is 2.97. The molecule has 3 aromatic rings. The molecular formula is C32H39N3O5S2. The van der Waals surface area contributed by atoms with E-state index in [1.165, 1.54) is 6.07 Å². The second kappa shape index (κ2) is 16.1. The van der Waals surface area contributed by atoms with Crippen molar-refractivity contribution in [1.29, 1.82) is 0 Å². The number of carbonyl (C=O) groups is 3. The van der Waals surface area contributed by atoms with E-state index in [4.69, 9.17) is 0 Å². The first-order chi connectivity index (χ1) is 20.1. The number of carbonyl (C=O) groups excluding carboxylic acids is 3. The van der Waals surface area contributed by atoms with Gasteiger partial charge >= 0.3 is 0 Å². The van der Waals surface area contributed by atoms with Gasteiger partial charge in [-0.05, 0) is 35.6 Å². The van der Waals surface area contributed by atoms with E-state index in [9.17, 15) is 22.8 Å². The third kappa shape index (κ3) is 10.3. The highest BCUT2D eigenvalue weighted by molar-refractivity contribution is 7.90. The SMILES string of the molecule is CCCCC(=O)N(CCC(=O)NC[C@H](S)Cc1ccccc1)Cc1ccc(-c2ccccc2S(=O)(=O)NC(C)=O)cc1. The number of sulfonamides is 1. The van der Waals surface area contributed by atoms with E-state index in [0.29, 0.717) is 30.6 Å². The first-order valence-corrected chi connectivity index (χ1v) is 16.1. The Bertz CT molecular complexity index is 1440. The minimum absolute atomic E-state index is 0.00236. The highest BCUT2D eigenvalue weighted by Gasteiger charge is 2.21. The summed E-state index contributed by atoms with van der Waals surface area (Å²) in [6, 6.07) is 23.7. The van der Waals surface area contributed by atoms with Crippen LogP contribution in [0.2, 0.25) is 0 Å². The minimum atomic E-state index is -4.02. The lowest BCUT2D eigenvalue weighted by molar-refractivity contribution is -0.132. The molecule has 3 rings (SSSR count). The number of hydrogen-bond donors (Lipinski definition) is 3. The largest absolute Gasteiger partial charge is 0.355 e. The molecule has 0 saturated carbocycles. The van der Waals surface area contributed by atoms with Crippen LogP contribution in [0, 0.1) is 0 Å². The fourth-order valence-corrected chi connectivity index (χ4v) is 6.01. The third-order valence-corrected chi connectivity index (χ3v) is 8.50. The van der Waals surface area contributed by atoms with Crippen LogP contribution in [0.3, 0.4) is 0 Å². The first kappa shape index (κ1) is 32.9. The Labute approximate surface area is 254 Å². The summed E-state index contributed by atoms with van der Waals surface area (Å²) >= 11 is 4.60. The Kier molecular flexibility index (Phi) is 12.6. The summed E-state index contributed by atoms with van der Waals surface area (Å²) in [6.45, 7) is 4.21. The molecule has 3 aromatic carbocycles. The van der Waals surface area contributed by atoms with Gasteiger partial charge in [0.15, 0.2) is 0 Å². The van der Waals surface area contributed by atoms with Crippen molar-refractivity contribution in [2.45, 2.75) is 62.6 Å². The normalized spacial score (nSPS) is 11.9. The van der Waals surface area contributed by atoms with E-state index in [-0.39, 0.29) is 34.9 Å². The van der Waals surface area contributed by atoms with Crippen molar-refractivity contribution in [3.63, 3.8) is 0 Å². The van der Waals surface area contributed by atoms with E-state index < -0.39 is 15.9 Å². The number of hydrogen-bond acceptors (Lipinski definition) is 6. The zero-order chi connectivity index (χ0) is 30.5. The third-order valence-electron chi connectivity index (χ3n) is 6.65. The maximum atomic E-state index is 13.0. The summed E-state index contributed by atoms with van der Waals surface area (Å²) in [5, 5.41) is 2.91. The predicted molar refractivity (Wildman–Crippen MR) is 168 cm³/mol. The predicted octanol–water partition coefficient (Wildman–Crippen LogP) is 4.74. The molecule has 0 saturated heterocycles. The monoisotopic (exact) mass is 609 g/mol. The van der Waals surface area contributed by atoms with E-state index in [2.05, 4.69) is 17.9 Å². The van der Waals surface area contributed by atoms with Gasteiger partial charge in [0.05, 0.1) is 4.90 Å². The molecule has 2 N–H and O–H groups in total. The lowest BCUT2D eigenvalue weighted by Gasteiger charge is -2.23. The van der Waals surface area contributed by atoms with Crippen molar-refractivity contribution in [1.82, 2.24) is 14.9 Å². The number of amides is 3. The van der Waals surface area contributed by atoms with Gasteiger partial charge in [0.1, 0.15) is 0 Å². The van der Waals surface area contributed by atoms with Gasteiger partial charge in [-0.25, -0.2) is 13.1 Å². The fourth-order valence-electron chi connectivity index (χ4n) is 4.49. The zero-order valence-electron chi connectivity index (χ0n) is 24.1. The summed E-state index contributed by atoms with van der Waals surface area (Å²) in [5.74, 6) is -0.821. The lowest BCUT2D eigenvalue weighted by atomic mass is 10.0. The van der Waals surface area contributed by atoms with Crippen LogP contribution in [0.15, 0.2) is 83.8 Å². The number of benzene rings is 3. The van der Waals surface area contributed by atoms with Crippen LogP contribution in [0.25, 0.3) is 11.1 Å². The van der Waals surface area contributed by atoms with Crippen LogP contribution < -0.4 is 10.0 Å². The molecular weight excluding hydrogens is 571 g/mol. The standard InChI is InChI=1S/C32H39N3O5S2/c1-3-4-14-32(38)35(20-19-31(37)33-22-28(41)21-25-10-6-5-7-11-25)23-26-15-17-27(18-16-26)29-12-8-9-13-30(29)42(39,40)34-24(2)36/h5-13,15-18,28,41H,3-4,14,19-23H2,1-2H3,(H,33,37)(H,34,36)/t28-/m1/s1. The van der Waals surface area contributed by atoms with E-state index in [0.717, 1.165) is 37.3 Å². The van der Waals surface area contributed by atoms with Gasteiger partial charge in [0.25, 0.3) is 10.0 Å². The molecule has 0 spiro atoms. The van der Waals surface area contributed by atoms with Crippen molar-refractivity contribution in [3.05, 3.63) is 90.0 Å². The molecule has 224 valence electrons. The summed E-state index contributed by atoms with van der Waals surface area (Å²) in [6.07, 6.45) is 2.98. The molecule has 3 amide bonds. The molecule has 0 radical (unpaired) electrons. The summed E-state index contributed by atoms with van der Waals surface area (Å²) in [4.78, 5) is 38.7. The van der Waals surface area contributed by atoms with Crippen LogP contribution >= 0.6 is 12.6 Å².